The van der Waals surface area contributed by atoms with Gasteiger partial charge in [0.15, 0.2) is 5.82 Å². The molecule has 7 heteroatoms. The van der Waals surface area contributed by atoms with Crippen LogP contribution in [0.4, 0.5) is 8.78 Å². The lowest BCUT2D eigenvalue weighted by molar-refractivity contribution is 0.120. The molecule has 92 valence electrons. The van der Waals surface area contributed by atoms with E-state index in [9.17, 15) is 13.6 Å². The van der Waals surface area contributed by atoms with E-state index in [0.717, 1.165) is 14.4 Å². The second kappa shape index (κ2) is 4.40. The molecule has 0 fully saturated rings. The standard InChI is InChI=1S/C10H11F2N3OS/c1-6-3-4-7(17-6)9-13-15(5-8(11)12)10(16)14(9)2/h3-4,8H,5H2,1-2H3. The lowest BCUT2D eigenvalue weighted by Gasteiger charge is -1.95. The Hall–Kier alpha value is -1.50. The number of thiophene rings is 1. The van der Waals surface area contributed by atoms with Crippen molar-refractivity contribution in [1.82, 2.24) is 14.3 Å². The van der Waals surface area contributed by atoms with Crippen LogP contribution in [0, 0.1) is 6.92 Å². The molecule has 0 saturated heterocycles. The highest BCUT2D eigenvalue weighted by Gasteiger charge is 2.15. The lowest BCUT2D eigenvalue weighted by Crippen LogP contribution is -2.25. The minimum Gasteiger partial charge on any atom is -0.277 e. The third-order valence-corrected chi connectivity index (χ3v) is 3.31. The van der Waals surface area contributed by atoms with Crippen molar-refractivity contribution in [2.24, 2.45) is 7.05 Å². The summed E-state index contributed by atoms with van der Waals surface area (Å²) in [5.74, 6) is 0.425. The number of aromatic nitrogens is 3. The lowest BCUT2D eigenvalue weighted by atomic mass is 10.4. The third kappa shape index (κ3) is 2.28. The van der Waals surface area contributed by atoms with Gasteiger partial charge in [-0.05, 0) is 19.1 Å². The average Bonchev–Trinajstić information content (AvgIpc) is 2.77. The van der Waals surface area contributed by atoms with Crippen LogP contribution in [0.25, 0.3) is 10.7 Å². The van der Waals surface area contributed by atoms with Crippen molar-refractivity contribution in [3.63, 3.8) is 0 Å². The second-order valence-electron chi connectivity index (χ2n) is 3.65. The van der Waals surface area contributed by atoms with Gasteiger partial charge in [-0.25, -0.2) is 18.3 Å². The molecule has 2 aromatic rings. The fourth-order valence-corrected chi connectivity index (χ4v) is 2.39. The summed E-state index contributed by atoms with van der Waals surface area (Å²) < 4.78 is 26.6. The third-order valence-electron chi connectivity index (χ3n) is 2.31. The van der Waals surface area contributed by atoms with Crippen LogP contribution >= 0.6 is 11.3 Å². The molecule has 2 rings (SSSR count). The zero-order valence-corrected chi connectivity index (χ0v) is 10.2. The average molecular weight is 259 g/mol. The Kier molecular flexibility index (Phi) is 3.10. The molecule has 4 nitrogen and oxygen atoms in total. The monoisotopic (exact) mass is 259 g/mol. The first kappa shape index (κ1) is 12.0. The van der Waals surface area contributed by atoms with Gasteiger partial charge in [-0.1, -0.05) is 0 Å². The summed E-state index contributed by atoms with van der Waals surface area (Å²) in [5.41, 5.74) is -0.522. The van der Waals surface area contributed by atoms with Gasteiger partial charge < -0.3 is 0 Å². The van der Waals surface area contributed by atoms with Crippen LogP contribution in [0.15, 0.2) is 16.9 Å². The van der Waals surface area contributed by atoms with E-state index in [-0.39, 0.29) is 0 Å². The summed E-state index contributed by atoms with van der Waals surface area (Å²) in [6.07, 6.45) is -2.58. The molecule has 17 heavy (non-hydrogen) atoms. The van der Waals surface area contributed by atoms with Gasteiger partial charge in [0, 0.05) is 11.9 Å². The molecule has 0 spiro atoms. The first-order valence-corrected chi connectivity index (χ1v) is 5.79. The summed E-state index contributed by atoms with van der Waals surface area (Å²) in [7, 11) is 1.53. The molecule has 0 aliphatic rings. The van der Waals surface area contributed by atoms with Gasteiger partial charge in [-0.3, -0.25) is 4.57 Å². The molecule has 0 aromatic carbocycles. The Morgan fingerprint density at radius 3 is 2.71 bits per heavy atom. The van der Waals surface area contributed by atoms with Crippen molar-refractivity contribution in [1.29, 1.82) is 0 Å². The number of nitrogens with zero attached hydrogens (tertiary/aromatic N) is 3. The SMILES string of the molecule is Cc1ccc(-c2nn(CC(F)F)c(=O)n2C)s1. The molecule has 0 unspecified atom stereocenters. The Balaban J connectivity index is 2.46. The van der Waals surface area contributed by atoms with E-state index in [0.29, 0.717) is 5.82 Å². The summed E-state index contributed by atoms with van der Waals surface area (Å²) in [4.78, 5) is 13.5. The maximum Gasteiger partial charge on any atom is 0.346 e. The minimum absolute atomic E-state index is 0.425. The number of hydrogen-bond acceptors (Lipinski definition) is 3. The molecule has 0 atom stereocenters. The number of hydrogen-bond donors (Lipinski definition) is 0. The topological polar surface area (TPSA) is 39.8 Å². The Labute approximate surface area is 100 Å². The van der Waals surface area contributed by atoms with E-state index in [1.54, 1.807) is 0 Å². The maximum atomic E-state index is 12.2. The predicted molar refractivity (Wildman–Crippen MR) is 61.5 cm³/mol. The van der Waals surface area contributed by atoms with E-state index in [1.165, 1.54) is 23.0 Å². The van der Waals surface area contributed by atoms with Crippen molar-refractivity contribution < 1.29 is 8.78 Å². The fraction of sp³-hybridized carbons (Fsp3) is 0.400. The molecule has 2 heterocycles. The van der Waals surface area contributed by atoms with Gasteiger partial charge in [0.05, 0.1) is 4.88 Å². The van der Waals surface area contributed by atoms with E-state index in [1.807, 2.05) is 19.1 Å². The first-order chi connectivity index (χ1) is 7.99. The van der Waals surface area contributed by atoms with Crippen LogP contribution in [0.2, 0.25) is 0 Å². The molecule has 0 radical (unpaired) electrons. The van der Waals surface area contributed by atoms with Crippen LogP contribution in [-0.2, 0) is 13.6 Å². The molecule has 0 aliphatic carbocycles. The minimum atomic E-state index is -2.58. The van der Waals surface area contributed by atoms with Crippen LogP contribution in [0.3, 0.4) is 0 Å². The fourth-order valence-electron chi connectivity index (χ4n) is 1.51. The Bertz CT molecular complexity index is 585. The van der Waals surface area contributed by atoms with Gasteiger partial charge in [0.1, 0.15) is 6.54 Å². The van der Waals surface area contributed by atoms with Crippen LogP contribution in [0.1, 0.15) is 4.88 Å². The van der Waals surface area contributed by atoms with Crippen LogP contribution < -0.4 is 5.69 Å². The molecule has 0 amide bonds. The van der Waals surface area contributed by atoms with Gasteiger partial charge >= 0.3 is 5.69 Å². The maximum absolute atomic E-state index is 12.2. The first-order valence-electron chi connectivity index (χ1n) is 4.98. The zero-order valence-electron chi connectivity index (χ0n) is 9.35. The number of aryl methyl sites for hydroxylation is 1. The second-order valence-corrected chi connectivity index (χ2v) is 4.94. The predicted octanol–water partition coefficient (Wildman–Crippen LogP) is 1.88. The quantitative estimate of drug-likeness (QED) is 0.844. The van der Waals surface area contributed by atoms with Gasteiger partial charge in [-0.2, -0.15) is 0 Å². The number of halogens is 2. The summed E-state index contributed by atoms with van der Waals surface area (Å²) in [5, 5.41) is 3.93. The summed E-state index contributed by atoms with van der Waals surface area (Å²) in [6, 6.07) is 3.73. The molecule has 0 N–H and O–H groups in total. The van der Waals surface area contributed by atoms with Crippen molar-refractivity contribution in [3.8, 4) is 10.7 Å². The number of alkyl halides is 2. The van der Waals surface area contributed by atoms with E-state index >= 15 is 0 Å². The number of rotatable bonds is 3. The highest BCUT2D eigenvalue weighted by atomic mass is 32.1. The zero-order chi connectivity index (χ0) is 12.6. The highest BCUT2D eigenvalue weighted by Crippen LogP contribution is 2.24. The molecule has 0 bridgehead atoms. The van der Waals surface area contributed by atoms with E-state index < -0.39 is 18.7 Å². The Morgan fingerprint density at radius 1 is 1.47 bits per heavy atom. The van der Waals surface area contributed by atoms with Gasteiger partial charge in [-0.15, -0.1) is 16.4 Å². The summed E-state index contributed by atoms with van der Waals surface area (Å²) in [6.45, 7) is 1.26. The van der Waals surface area contributed by atoms with Crippen molar-refractivity contribution in [2.75, 3.05) is 0 Å². The largest absolute Gasteiger partial charge is 0.346 e. The van der Waals surface area contributed by atoms with Crippen LogP contribution in [-0.4, -0.2) is 20.8 Å². The smallest absolute Gasteiger partial charge is 0.277 e. The highest BCUT2D eigenvalue weighted by molar-refractivity contribution is 7.15. The van der Waals surface area contributed by atoms with E-state index in [4.69, 9.17) is 0 Å². The molecule has 2 aromatic heterocycles. The van der Waals surface area contributed by atoms with Gasteiger partial charge in [0.2, 0.25) is 0 Å². The van der Waals surface area contributed by atoms with Crippen molar-refractivity contribution >= 4 is 11.3 Å². The summed E-state index contributed by atoms with van der Waals surface area (Å²) >= 11 is 1.47. The van der Waals surface area contributed by atoms with E-state index in [2.05, 4.69) is 5.10 Å². The van der Waals surface area contributed by atoms with Crippen molar-refractivity contribution in [3.05, 3.63) is 27.5 Å². The normalized spacial score (nSPS) is 11.4. The Morgan fingerprint density at radius 2 is 2.18 bits per heavy atom. The van der Waals surface area contributed by atoms with Gasteiger partial charge in [0.25, 0.3) is 6.43 Å². The van der Waals surface area contributed by atoms with Crippen molar-refractivity contribution in [2.45, 2.75) is 19.9 Å². The van der Waals surface area contributed by atoms with Crippen LogP contribution in [0.5, 0.6) is 0 Å². The molecule has 0 aliphatic heterocycles. The molecular formula is C10H11F2N3OS. The molecule has 0 saturated carbocycles. The molecular weight excluding hydrogens is 248 g/mol.